The SMILES string of the molecule is Cc1nc(-c2cccc(NC(=O)[C@@H]3CC[C@H](C(=O)O)O3)c2)no1. The highest BCUT2D eigenvalue weighted by molar-refractivity contribution is 5.95. The van der Waals surface area contributed by atoms with Crippen LogP contribution in [0.15, 0.2) is 28.8 Å². The maximum Gasteiger partial charge on any atom is 0.332 e. The highest BCUT2D eigenvalue weighted by Gasteiger charge is 2.34. The van der Waals surface area contributed by atoms with Crippen molar-refractivity contribution in [2.75, 3.05) is 5.32 Å². The summed E-state index contributed by atoms with van der Waals surface area (Å²) in [4.78, 5) is 27.1. The molecule has 8 nitrogen and oxygen atoms in total. The molecule has 8 heteroatoms. The van der Waals surface area contributed by atoms with Crippen LogP contribution in [-0.2, 0) is 14.3 Å². The van der Waals surface area contributed by atoms with Crippen molar-refractivity contribution in [3.8, 4) is 11.4 Å². The number of carboxylic acid groups (broad SMARTS) is 1. The normalized spacial score (nSPS) is 20.4. The van der Waals surface area contributed by atoms with Crippen LogP contribution in [0, 0.1) is 6.92 Å². The van der Waals surface area contributed by atoms with Gasteiger partial charge in [-0.3, -0.25) is 4.79 Å². The Kier molecular flexibility index (Phi) is 4.07. The van der Waals surface area contributed by atoms with Crippen molar-refractivity contribution >= 4 is 17.6 Å². The Morgan fingerprint density at radius 2 is 2.09 bits per heavy atom. The van der Waals surface area contributed by atoms with E-state index in [4.69, 9.17) is 14.4 Å². The topological polar surface area (TPSA) is 115 Å². The maximum absolute atomic E-state index is 12.2. The summed E-state index contributed by atoms with van der Waals surface area (Å²) in [6.45, 7) is 1.69. The van der Waals surface area contributed by atoms with Crippen molar-refractivity contribution in [1.82, 2.24) is 10.1 Å². The maximum atomic E-state index is 12.2. The van der Waals surface area contributed by atoms with E-state index in [0.29, 0.717) is 35.8 Å². The first-order valence-corrected chi connectivity index (χ1v) is 7.13. The third kappa shape index (κ3) is 3.37. The van der Waals surface area contributed by atoms with Gasteiger partial charge in [0.05, 0.1) is 0 Å². The smallest absolute Gasteiger partial charge is 0.332 e. The van der Waals surface area contributed by atoms with E-state index in [1.165, 1.54) is 0 Å². The summed E-state index contributed by atoms with van der Waals surface area (Å²) in [5.74, 6) is -0.528. The van der Waals surface area contributed by atoms with Crippen LogP contribution >= 0.6 is 0 Å². The fraction of sp³-hybridized carbons (Fsp3) is 0.333. The van der Waals surface area contributed by atoms with Gasteiger partial charge in [-0.1, -0.05) is 17.3 Å². The minimum atomic E-state index is -1.05. The molecule has 1 aromatic heterocycles. The summed E-state index contributed by atoms with van der Waals surface area (Å²) < 4.78 is 10.2. The van der Waals surface area contributed by atoms with E-state index < -0.39 is 18.2 Å². The first-order chi connectivity index (χ1) is 11.0. The van der Waals surface area contributed by atoms with E-state index in [1.54, 1.807) is 31.2 Å². The van der Waals surface area contributed by atoms with Crippen molar-refractivity contribution < 1.29 is 24.0 Å². The van der Waals surface area contributed by atoms with Crippen molar-refractivity contribution in [2.45, 2.75) is 32.0 Å². The predicted molar refractivity (Wildman–Crippen MR) is 78.6 cm³/mol. The van der Waals surface area contributed by atoms with Crippen molar-refractivity contribution in [1.29, 1.82) is 0 Å². The lowest BCUT2D eigenvalue weighted by Gasteiger charge is -2.12. The number of nitrogens with zero attached hydrogens (tertiary/aromatic N) is 2. The van der Waals surface area contributed by atoms with Crippen molar-refractivity contribution in [3.63, 3.8) is 0 Å². The molecule has 2 N–H and O–H groups in total. The Balaban J connectivity index is 1.69. The Morgan fingerprint density at radius 1 is 1.30 bits per heavy atom. The van der Waals surface area contributed by atoms with E-state index in [0.717, 1.165) is 0 Å². The molecule has 3 rings (SSSR count). The quantitative estimate of drug-likeness (QED) is 0.880. The minimum absolute atomic E-state index is 0.329. The molecule has 1 aromatic carbocycles. The molecule has 0 aliphatic carbocycles. The molecule has 0 unspecified atom stereocenters. The zero-order valence-corrected chi connectivity index (χ0v) is 12.4. The molecule has 0 saturated carbocycles. The number of carbonyl (C=O) groups excluding carboxylic acids is 1. The van der Waals surface area contributed by atoms with Crippen LogP contribution in [0.25, 0.3) is 11.4 Å². The van der Waals surface area contributed by atoms with E-state index in [-0.39, 0.29) is 5.91 Å². The Bertz CT molecular complexity index is 742. The molecule has 1 aliphatic rings. The molecule has 2 heterocycles. The number of aryl methyl sites for hydroxylation is 1. The number of hydrogen-bond donors (Lipinski definition) is 2. The molecule has 1 aliphatic heterocycles. The number of ether oxygens (including phenoxy) is 1. The predicted octanol–water partition coefficient (Wildman–Crippen LogP) is 1.62. The summed E-state index contributed by atoms with van der Waals surface area (Å²) in [6.07, 6.45) is -0.964. The summed E-state index contributed by atoms with van der Waals surface area (Å²) in [5, 5.41) is 15.4. The number of aliphatic carboxylic acids is 1. The Labute approximate surface area is 131 Å². The number of carbonyl (C=O) groups is 2. The van der Waals surface area contributed by atoms with Gasteiger partial charge in [-0.05, 0) is 25.0 Å². The lowest BCUT2D eigenvalue weighted by molar-refractivity contribution is -0.150. The molecule has 0 spiro atoms. The first-order valence-electron chi connectivity index (χ1n) is 7.13. The van der Waals surface area contributed by atoms with Crippen LogP contribution < -0.4 is 5.32 Å². The monoisotopic (exact) mass is 317 g/mol. The van der Waals surface area contributed by atoms with Crippen LogP contribution in [0.4, 0.5) is 5.69 Å². The molecule has 1 saturated heterocycles. The van der Waals surface area contributed by atoms with E-state index >= 15 is 0 Å². The molecule has 0 radical (unpaired) electrons. The molecular weight excluding hydrogens is 302 g/mol. The highest BCUT2D eigenvalue weighted by atomic mass is 16.5. The number of carboxylic acids is 1. The zero-order valence-electron chi connectivity index (χ0n) is 12.4. The van der Waals surface area contributed by atoms with Gasteiger partial charge in [0.2, 0.25) is 11.7 Å². The summed E-state index contributed by atoms with van der Waals surface area (Å²) >= 11 is 0. The lowest BCUT2D eigenvalue weighted by Crippen LogP contribution is -2.29. The number of hydrogen-bond acceptors (Lipinski definition) is 6. The molecule has 2 aromatic rings. The van der Waals surface area contributed by atoms with Gasteiger partial charge in [0.15, 0.2) is 6.10 Å². The molecule has 23 heavy (non-hydrogen) atoms. The molecule has 0 bridgehead atoms. The van der Waals surface area contributed by atoms with Gasteiger partial charge in [-0.2, -0.15) is 4.98 Å². The highest BCUT2D eigenvalue weighted by Crippen LogP contribution is 2.23. The van der Waals surface area contributed by atoms with Gasteiger partial charge in [-0.25, -0.2) is 4.79 Å². The average molecular weight is 317 g/mol. The molecule has 120 valence electrons. The van der Waals surface area contributed by atoms with Gasteiger partial charge >= 0.3 is 5.97 Å². The van der Waals surface area contributed by atoms with Gasteiger partial charge in [0.1, 0.15) is 6.10 Å². The fourth-order valence-corrected chi connectivity index (χ4v) is 2.39. The molecule has 1 fully saturated rings. The number of anilines is 1. The average Bonchev–Trinajstić information content (AvgIpc) is 3.16. The van der Waals surface area contributed by atoms with Crippen LogP contribution in [0.5, 0.6) is 0 Å². The van der Waals surface area contributed by atoms with Crippen LogP contribution in [0.1, 0.15) is 18.7 Å². The summed E-state index contributed by atoms with van der Waals surface area (Å²) in [7, 11) is 0. The van der Waals surface area contributed by atoms with E-state index in [1.807, 2.05) is 0 Å². The second kappa shape index (κ2) is 6.17. The number of amides is 1. The third-order valence-corrected chi connectivity index (χ3v) is 3.50. The summed E-state index contributed by atoms with van der Waals surface area (Å²) in [6, 6.07) is 6.99. The second-order valence-corrected chi connectivity index (χ2v) is 5.24. The van der Waals surface area contributed by atoms with Gasteiger partial charge < -0.3 is 19.7 Å². The second-order valence-electron chi connectivity index (χ2n) is 5.24. The summed E-state index contributed by atoms with van der Waals surface area (Å²) in [5.41, 5.74) is 1.26. The molecular formula is C15H15N3O5. The third-order valence-electron chi connectivity index (χ3n) is 3.50. The van der Waals surface area contributed by atoms with Crippen LogP contribution in [-0.4, -0.2) is 39.3 Å². The van der Waals surface area contributed by atoms with Gasteiger partial charge in [-0.15, -0.1) is 0 Å². The van der Waals surface area contributed by atoms with Crippen LogP contribution in [0.2, 0.25) is 0 Å². The van der Waals surface area contributed by atoms with Crippen molar-refractivity contribution in [2.24, 2.45) is 0 Å². The minimum Gasteiger partial charge on any atom is -0.479 e. The van der Waals surface area contributed by atoms with Gasteiger partial charge in [0.25, 0.3) is 5.91 Å². The van der Waals surface area contributed by atoms with E-state index in [9.17, 15) is 9.59 Å². The van der Waals surface area contributed by atoms with Gasteiger partial charge in [0, 0.05) is 18.2 Å². The molecule has 1 amide bonds. The Hall–Kier alpha value is -2.74. The number of aromatic nitrogens is 2. The van der Waals surface area contributed by atoms with E-state index in [2.05, 4.69) is 15.5 Å². The number of benzene rings is 1. The zero-order chi connectivity index (χ0) is 16.4. The Morgan fingerprint density at radius 3 is 2.74 bits per heavy atom. The standard InChI is InChI=1S/C15H15N3O5/c1-8-16-13(18-23-8)9-3-2-4-10(7-9)17-14(19)11-5-6-12(22-11)15(20)21/h2-4,7,11-12H,5-6H2,1H3,(H,17,19)(H,20,21)/t11-,12+/m0/s1. The largest absolute Gasteiger partial charge is 0.479 e. The number of rotatable bonds is 4. The number of nitrogens with one attached hydrogen (secondary N) is 1. The lowest BCUT2D eigenvalue weighted by atomic mass is 10.1. The van der Waals surface area contributed by atoms with Crippen LogP contribution in [0.3, 0.4) is 0 Å². The fourth-order valence-electron chi connectivity index (χ4n) is 2.39. The van der Waals surface area contributed by atoms with Crippen molar-refractivity contribution in [3.05, 3.63) is 30.2 Å². The molecule has 2 atom stereocenters. The first kappa shape index (κ1) is 15.2.